The summed E-state index contributed by atoms with van der Waals surface area (Å²) in [5.41, 5.74) is 0.900. The van der Waals surface area contributed by atoms with E-state index in [-0.39, 0.29) is 0 Å². The molecular formula is C11H10ClN3O. The van der Waals surface area contributed by atoms with Crippen molar-refractivity contribution in [2.75, 3.05) is 12.4 Å². The second-order valence-corrected chi connectivity index (χ2v) is 3.47. The summed E-state index contributed by atoms with van der Waals surface area (Å²) in [6.45, 7) is 0. The van der Waals surface area contributed by atoms with Crippen LogP contribution in [0, 0.1) is 0 Å². The number of hydrogen-bond donors (Lipinski definition) is 1. The number of methoxy groups -OCH3 is 1. The van der Waals surface area contributed by atoms with Crippen molar-refractivity contribution in [1.29, 1.82) is 0 Å². The minimum Gasteiger partial charge on any atom is -0.497 e. The molecule has 0 unspecified atom stereocenters. The van der Waals surface area contributed by atoms with Crippen molar-refractivity contribution in [1.82, 2.24) is 9.97 Å². The first-order valence-electron chi connectivity index (χ1n) is 4.66. The SMILES string of the molecule is COc1ccc(Nc2cncc(Cl)n2)cc1. The summed E-state index contributed by atoms with van der Waals surface area (Å²) >= 11 is 5.73. The highest BCUT2D eigenvalue weighted by molar-refractivity contribution is 6.29. The van der Waals surface area contributed by atoms with Crippen molar-refractivity contribution < 1.29 is 4.74 Å². The summed E-state index contributed by atoms with van der Waals surface area (Å²) in [6.07, 6.45) is 3.09. The molecule has 0 spiro atoms. The maximum absolute atomic E-state index is 5.73. The highest BCUT2D eigenvalue weighted by Crippen LogP contribution is 2.18. The quantitative estimate of drug-likeness (QED) is 0.889. The van der Waals surface area contributed by atoms with Crippen LogP contribution in [0.15, 0.2) is 36.7 Å². The van der Waals surface area contributed by atoms with Crippen LogP contribution in [-0.4, -0.2) is 17.1 Å². The molecule has 0 saturated heterocycles. The molecule has 0 bridgehead atoms. The number of halogens is 1. The van der Waals surface area contributed by atoms with E-state index >= 15 is 0 Å². The van der Waals surface area contributed by atoms with Gasteiger partial charge in [0, 0.05) is 5.69 Å². The largest absolute Gasteiger partial charge is 0.497 e. The van der Waals surface area contributed by atoms with Crippen molar-refractivity contribution in [3.63, 3.8) is 0 Å². The molecule has 0 aliphatic rings. The van der Waals surface area contributed by atoms with Gasteiger partial charge in [0.15, 0.2) is 5.82 Å². The van der Waals surface area contributed by atoms with E-state index in [1.165, 1.54) is 6.20 Å². The number of nitrogens with zero attached hydrogens (tertiary/aromatic N) is 2. The molecule has 0 aliphatic carbocycles. The van der Waals surface area contributed by atoms with Crippen LogP contribution in [0.25, 0.3) is 0 Å². The Balaban J connectivity index is 2.14. The molecule has 0 aliphatic heterocycles. The molecule has 16 heavy (non-hydrogen) atoms. The first-order chi connectivity index (χ1) is 7.78. The summed E-state index contributed by atoms with van der Waals surface area (Å²) < 4.78 is 5.06. The zero-order valence-electron chi connectivity index (χ0n) is 8.64. The molecule has 0 atom stereocenters. The summed E-state index contributed by atoms with van der Waals surface area (Å²) in [5, 5.41) is 3.44. The van der Waals surface area contributed by atoms with Crippen LogP contribution in [0.1, 0.15) is 0 Å². The molecule has 4 nitrogen and oxygen atoms in total. The lowest BCUT2D eigenvalue weighted by Gasteiger charge is -2.06. The Bertz CT molecular complexity index is 473. The van der Waals surface area contributed by atoms with Gasteiger partial charge in [0.05, 0.1) is 19.5 Å². The highest BCUT2D eigenvalue weighted by atomic mass is 35.5. The van der Waals surface area contributed by atoms with Gasteiger partial charge in [0.25, 0.3) is 0 Å². The monoisotopic (exact) mass is 235 g/mol. The molecule has 0 saturated carbocycles. The smallest absolute Gasteiger partial charge is 0.150 e. The Morgan fingerprint density at radius 3 is 2.56 bits per heavy atom. The van der Waals surface area contributed by atoms with Gasteiger partial charge < -0.3 is 10.1 Å². The van der Waals surface area contributed by atoms with Crippen molar-refractivity contribution in [2.45, 2.75) is 0 Å². The van der Waals surface area contributed by atoms with Crippen LogP contribution in [-0.2, 0) is 0 Å². The minimum absolute atomic E-state index is 0.360. The Labute approximate surface area is 98.3 Å². The van der Waals surface area contributed by atoms with Crippen LogP contribution in [0.3, 0.4) is 0 Å². The van der Waals surface area contributed by atoms with Crippen LogP contribution >= 0.6 is 11.6 Å². The van der Waals surface area contributed by atoms with Gasteiger partial charge in [0.2, 0.25) is 0 Å². The summed E-state index contributed by atoms with van der Waals surface area (Å²) in [7, 11) is 1.63. The molecule has 1 aromatic carbocycles. The summed E-state index contributed by atoms with van der Waals surface area (Å²) in [6, 6.07) is 7.50. The molecule has 2 aromatic rings. The number of hydrogen-bond acceptors (Lipinski definition) is 4. The lowest BCUT2D eigenvalue weighted by atomic mass is 10.3. The predicted molar refractivity (Wildman–Crippen MR) is 63.3 cm³/mol. The average Bonchev–Trinajstić information content (AvgIpc) is 2.30. The minimum atomic E-state index is 0.360. The molecule has 1 aromatic heterocycles. The summed E-state index contributed by atoms with van der Waals surface area (Å²) in [5.74, 6) is 1.42. The van der Waals surface area contributed by atoms with E-state index in [1.54, 1.807) is 13.3 Å². The van der Waals surface area contributed by atoms with E-state index in [0.717, 1.165) is 11.4 Å². The van der Waals surface area contributed by atoms with E-state index in [4.69, 9.17) is 16.3 Å². The zero-order valence-corrected chi connectivity index (χ0v) is 9.40. The fourth-order valence-electron chi connectivity index (χ4n) is 1.22. The van der Waals surface area contributed by atoms with Gasteiger partial charge in [0.1, 0.15) is 10.9 Å². The molecule has 82 valence electrons. The Hall–Kier alpha value is -1.81. The molecule has 5 heteroatoms. The number of aromatic nitrogens is 2. The van der Waals surface area contributed by atoms with E-state index in [2.05, 4.69) is 15.3 Å². The second kappa shape index (κ2) is 4.81. The molecular weight excluding hydrogens is 226 g/mol. The lowest BCUT2D eigenvalue weighted by molar-refractivity contribution is 0.415. The standard InChI is InChI=1S/C11H10ClN3O/c1-16-9-4-2-8(3-5-9)14-11-7-13-6-10(12)15-11/h2-7H,1H3,(H,14,15). The Kier molecular flexibility index (Phi) is 3.22. The molecule has 1 N–H and O–H groups in total. The normalized spacial score (nSPS) is 9.88. The topological polar surface area (TPSA) is 47.0 Å². The summed E-state index contributed by atoms with van der Waals surface area (Å²) in [4.78, 5) is 8.00. The third-order valence-corrected chi connectivity index (χ3v) is 2.15. The third-order valence-electron chi connectivity index (χ3n) is 1.97. The molecule has 2 rings (SSSR count). The lowest BCUT2D eigenvalue weighted by Crippen LogP contribution is -1.94. The van der Waals surface area contributed by atoms with Gasteiger partial charge >= 0.3 is 0 Å². The highest BCUT2D eigenvalue weighted by Gasteiger charge is 1.98. The molecule has 0 radical (unpaired) electrons. The van der Waals surface area contributed by atoms with Crippen LogP contribution in [0.2, 0.25) is 5.15 Å². The van der Waals surface area contributed by atoms with Crippen LogP contribution in [0.4, 0.5) is 11.5 Å². The van der Waals surface area contributed by atoms with Crippen LogP contribution < -0.4 is 10.1 Å². The number of ether oxygens (including phenoxy) is 1. The van der Waals surface area contributed by atoms with E-state index < -0.39 is 0 Å². The fraction of sp³-hybridized carbons (Fsp3) is 0.0909. The van der Waals surface area contributed by atoms with E-state index in [9.17, 15) is 0 Å². The zero-order chi connectivity index (χ0) is 11.4. The fourth-order valence-corrected chi connectivity index (χ4v) is 1.37. The van der Waals surface area contributed by atoms with Crippen molar-refractivity contribution in [2.24, 2.45) is 0 Å². The predicted octanol–water partition coefficient (Wildman–Crippen LogP) is 2.88. The first kappa shape index (κ1) is 10.7. The average molecular weight is 236 g/mol. The maximum Gasteiger partial charge on any atom is 0.150 e. The van der Waals surface area contributed by atoms with Crippen molar-refractivity contribution >= 4 is 23.1 Å². The van der Waals surface area contributed by atoms with Crippen LogP contribution in [0.5, 0.6) is 5.75 Å². The number of nitrogens with one attached hydrogen (secondary N) is 1. The first-order valence-corrected chi connectivity index (χ1v) is 5.04. The van der Waals surface area contributed by atoms with Gasteiger partial charge in [-0.2, -0.15) is 0 Å². The van der Waals surface area contributed by atoms with Gasteiger partial charge in [-0.3, -0.25) is 4.98 Å². The number of anilines is 2. The van der Waals surface area contributed by atoms with Gasteiger partial charge in [-0.25, -0.2) is 4.98 Å². The number of rotatable bonds is 3. The second-order valence-electron chi connectivity index (χ2n) is 3.08. The molecule has 0 amide bonds. The maximum atomic E-state index is 5.73. The van der Waals surface area contributed by atoms with Crippen molar-refractivity contribution in [3.05, 3.63) is 41.8 Å². The van der Waals surface area contributed by atoms with Gasteiger partial charge in [-0.05, 0) is 24.3 Å². The van der Waals surface area contributed by atoms with Crippen molar-refractivity contribution in [3.8, 4) is 5.75 Å². The van der Waals surface area contributed by atoms with Gasteiger partial charge in [-0.15, -0.1) is 0 Å². The van der Waals surface area contributed by atoms with E-state index in [0.29, 0.717) is 11.0 Å². The van der Waals surface area contributed by atoms with E-state index in [1.807, 2.05) is 24.3 Å². The third kappa shape index (κ3) is 2.61. The Morgan fingerprint density at radius 2 is 1.94 bits per heavy atom. The molecule has 1 heterocycles. The number of benzene rings is 1. The molecule has 0 fully saturated rings. The van der Waals surface area contributed by atoms with Gasteiger partial charge in [-0.1, -0.05) is 11.6 Å². The Morgan fingerprint density at radius 1 is 1.19 bits per heavy atom.